The van der Waals surface area contributed by atoms with Crippen LogP contribution in [0.2, 0.25) is 0 Å². The highest BCUT2D eigenvalue weighted by atomic mass is 16.5. The SMILES string of the molecule is COc1ccc(CCNC(=O)c2ccc(N3CCCC3)cc2)cc1. The van der Waals surface area contributed by atoms with Crippen LogP contribution in [0.4, 0.5) is 5.69 Å². The Labute approximate surface area is 143 Å². The van der Waals surface area contributed by atoms with Crippen molar-refractivity contribution in [1.82, 2.24) is 5.32 Å². The van der Waals surface area contributed by atoms with E-state index in [4.69, 9.17) is 4.74 Å². The van der Waals surface area contributed by atoms with Crippen LogP contribution in [0.25, 0.3) is 0 Å². The summed E-state index contributed by atoms with van der Waals surface area (Å²) in [6, 6.07) is 15.8. The zero-order valence-electron chi connectivity index (χ0n) is 14.1. The van der Waals surface area contributed by atoms with E-state index in [1.54, 1.807) is 7.11 Å². The second-order valence-electron chi connectivity index (χ2n) is 6.10. The number of nitrogens with zero attached hydrogens (tertiary/aromatic N) is 1. The van der Waals surface area contributed by atoms with Gasteiger partial charge in [0.2, 0.25) is 0 Å². The van der Waals surface area contributed by atoms with E-state index in [0.717, 1.165) is 25.3 Å². The third kappa shape index (κ3) is 4.07. The number of methoxy groups -OCH3 is 1. The van der Waals surface area contributed by atoms with Crippen molar-refractivity contribution in [2.24, 2.45) is 0 Å². The number of nitrogens with one attached hydrogen (secondary N) is 1. The van der Waals surface area contributed by atoms with Crippen molar-refractivity contribution in [2.75, 3.05) is 31.6 Å². The van der Waals surface area contributed by atoms with Crippen molar-refractivity contribution < 1.29 is 9.53 Å². The fourth-order valence-corrected chi connectivity index (χ4v) is 3.01. The lowest BCUT2D eigenvalue weighted by Gasteiger charge is -2.17. The number of ether oxygens (including phenoxy) is 1. The van der Waals surface area contributed by atoms with E-state index < -0.39 is 0 Å². The van der Waals surface area contributed by atoms with Crippen LogP contribution in [-0.2, 0) is 6.42 Å². The molecule has 4 heteroatoms. The number of hydrogen-bond donors (Lipinski definition) is 1. The summed E-state index contributed by atoms with van der Waals surface area (Å²) in [6.45, 7) is 2.86. The molecule has 0 aromatic heterocycles. The molecule has 1 amide bonds. The maximum atomic E-state index is 12.2. The minimum Gasteiger partial charge on any atom is -0.497 e. The lowest BCUT2D eigenvalue weighted by atomic mass is 10.1. The van der Waals surface area contributed by atoms with E-state index in [9.17, 15) is 4.79 Å². The van der Waals surface area contributed by atoms with Gasteiger partial charge in [0.15, 0.2) is 0 Å². The quantitative estimate of drug-likeness (QED) is 0.887. The molecule has 1 aliphatic rings. The van der Waals surface area contributed by atoms with Crippen molar-refractivity contribution in [2.45, 2.75) is 19.3 Å². The predicted octanol–water partition coefficient (Wildman–Crippen LogP) is 3.27. The Morgan fingerprint density at radius 2 is 1.71 bits per heavy atom. The number of rotatable bonds is 6. The molecule has 0 atom stereocenters. The van der Waals surface area contributed by atoms with Crippen LogP contribution in [0.15, 0.2) is 48.5 Å². The topological polar surface area (TPSA) is 41.6 Å². The Hall–Kier alpha value is -2.49. The van der Waals surface area contributed by atoms with Gasteiger partial charge in [-0.25, -0.2) is 0 Å². The van der Waals surface area contributed by atoms with Crippen molar-refractivity contribution in [3.05, 3.63) is 59.7 Å². The highest BCUT2D eigenvalue weighted by Crippen LogP contribution is 2.20. The zero-order chi connectivity index (χ0) is 16.8. The van der Waals surface area contributed by atoms with Crippen LogP contribution in [0, 0.1) is 0 Å². The van der Waals surface area contributed by atoms with E-state index in [1.165, 1.54) is 24.1 Å². The minimum absolute atomic E-state index is 0.0171. The molecule has 0 spiro atoms. The summed E-state index contributed by atoms with van der Waals surface area (Å²) in [7, 11) is 1.66. The molecule has 1 aliphatic heterocycles. The molecule has 3 rings (SSSR count). The molecule has 1 heterocycles. The number of amides is 1. The van der Waals surface area contributed by atoms with Crippen molar-refractivity contribution >= 4 is 11.6 Å². The Kier molecular flexibility index (Phi) is 5.36. The molecule has 1 fully saturated rings. The van der Waals surface area contributed by atoms with Gasteiger partial charge in [0.05, 0.1) is 7.11 Å². The summed E-state index contributed by atoms with van der Waals surface area (Å²) < 4.78 is 5.14. The maximum Gasteiger partial charge on any atom is 0.251 e. The summed E-state index contributed by atoms with van der Waals surface area (Å²) in [6.07, 6.45) is 3.32. The molecule has 126 valence electrons. The third-order valence-electron chi connectivity index (χ3n) is 4.46. The lowest BCUT2D eigenvalue weighted by Crippen LogP contribution is -2.25. The fraction of sp³-hybridized carbons (Fsp3) is 0.350. The summed E-state index contributed by atoms with van der Waals surface area (Å²) in [5, 5.41) is 2.98. The Morgan fingerprint density at radius 3 is 2.33 bits per heavy atom. The fourth-order valence-electron chi connectivity index (χ4n) is 3.01. The van der Waals surface area contributed by atoms with Gasteiger partial charge in [-0.1, -0.05) is 12.1 Å². The van der Waals surface area contributed by atoms with Gasteiger partial charge in [-0.05, 0) is 61.2 Å². The first-order valence-corrected chi connectivity index (χ1v) is 8.52. The summed E-state index contributed by atoms with van der Waals surface area (Å²) >= 11 is 0. The molecule has 1 N–H and O–H groups in total. The summed E-state index contributed by atoms with van der Waals surface area (Å²) in [5.74, 6) is 0.831. The van der Waals surface area contributed by atoms with Gasteiger partial charge >= 0.3 is 0 Å². The highest BCUT2D eigenvalue weighted by molar-refractivity contribution is 5.94. The molecular weight excluding hydrogens is 300 g/mol. The van der Waals surface area contributed by atoms with E-state index in [1.807, 2.05) is 48.5 Å². The van der Waals surface area contributed by atoms with Gasteiger partial charge in [0, 0.05) is 30.9 Å². The van der Waals surface area contributed by atoms with Crippen LogP contribution in [0.5, 0.6) is 5.75 Å². The normalized spacial score (nSPS) is 13.8. The van der Waals surface area contributed by atoms with Crippen molar-refractivity contribution in [3.63, 3.8) is 0 Å². The van der Waals surface area contributed by atoms with E-state index in [0.29, 0.717) is 12.1 Å². The molecule has 0 radical (unpaired) electrons. The monoisotopic (exact) mass is 324 g/mol. The van der Waals surface area contributed by atoms with Gasteiger partial charge in [-0.2, -0.15) is 0 Å². The molecular formula is C20H24N2O2. The zero-order valence-corrected chi connectivity index (χ0v) is 14.1. The number of anilines is 1. The van der Waals surface area contributed by atoms with Crippen LogP contribution >= 0.6 is 0 Å². The average molecular weight is 324 g/mol. The van der Waals surface area contributed by atoms with Crippen LogP contribution in [0.1, 0.15) is 28.8 Å². The molecule has 2 aromatic rings. The average Bonchev–Trinajstić information content (AvgIpc) is 3.17. The molecule has 0 saturated carbocycles. The van der Waals surface area contributed by atoms with Gasteiger partial charge in [0.25, 0.3) is 5.91 Å². The number of benzene rings is 2. The largest absolute Gasteiger partial charge is 0.497 e. The van der Waals surface area contributed by atoms with E-state index in [-0.39, 0.29) is 5.91 Å². The molecule has 1 saturated heterocycles. The summed E-state index contributed by atoms with van der Waals surface area (Å²) in [4.78, 5) is 14.6. The molecule has 0 aliphatic carbocycles. The second kappa shape index (κ2) is 7.86. The van der Waals surface area contributed by atoms with Gasteiger partial charge in [-0.15, -0.1) is 0 Å². The molecule has 0 bridgehead atoms. The number of carbonyl (C=O) groups is 1. The Balaban J connectivity index is 1.49. The van der Waals surface area contributed by atoms with Gasteiger partial charge in [-0.3, -0.25) is 4.79 Å². The maximum absolute atomic E-state index is 12.2. The molecule has 24 heavy (non-hydrogen) atoms. The minimum atomic E-state index is -0.0171. The lowest BCUT2D eigenvalue weighted by molar-refractivity contribution is 0.0954. The number of hydrogen-bond acceptors (Lipinski definition) is 3. The van der Waals surface area contributed by atoms with Crippen molar-refractivity contribution in [1.29, 1.82) is 0 Å². The highest BCUT2D eigenvalue weighted by Gasteiger charge is 2.12. The van der Waals surface area contributed by atoms with Crippen LogP contribution < -0.4 is 15.0 Å². The Morgan fingerprint density at radius 1 is 1.04 bits per heavy atom. The summed E-state index contributed by atoms with van der Waals surface area (Å²) in [5.41, 5.74) is 3.11. The number of carbonyl (C=O) groups excluding carboxylic acids is 1. The third-order valence-corrected chi connectivity index (χ3v) is 4.46. The predicted molar refractivity (Wildman–Crippen MR) is 96.9 cm³/mol. The first-order valence-electron chi connectivity index (χ1n) is 8.52. The standard InChI is InChI=1S/C20H24N2O2/c1-24-19-10-4-16(5-11-19)12-13-21-20(23)17-6-8-18(9-7-17)22-14-2-3-15-22/h4-11H,2-3,12-15H2,1H3,(H,21,23). The molecule has 0 unspecified atom stereocenters. The van der Waals surface area contributed by atoms with Crippen molar-refractivity contribution in [3.8, 4) is 5.75 Å². The van der Waals surface area contributed by atoms with E-state index in [2.05, 4.69) is 10.2 Å². The van der Waals surface area contributed by atoms with Crippen LogP contribution in [-0.4, -0.2) is 32.7 Å². The molecule has 2 aromatic carbocycles. The smallest absolute Gasteiger partial charge is 0.251 e. The van der Waals surface area contributed by atoms with Crippen LogP contribution in [0.3, 0.4) is 0 Å². The first-order chi connectivity index (χ1) is 11.8. The van der Waals surface area contributed by atoms with Gasteiger partial charge < -0.3 is 15.0 Å². The van der Waals surface area contributed by atoms with Gasteiger partial charge in [0.1, 0.15) is 5.75 Å². The molecule has 4 nitrogen and oxygen atoms in total. The van der Waals surface area contributed by atoms with E-state index >= 15 is 0 Å². The second-order valence-corrected chi connectivity index (χ2v) is 6.10. The first kappa shape index (κ1) is 16.4. The Bertz CT molecular complexity index is 659.